The molecule has 0 atom stereocenters. The zero-order valence-electron chi connectivity index (χ0n) is 14.8. The van der Waals surface area contributed by atoms with E-state index in [4.69, 9.17) is 21.6 Å². The van der Waals surface area contributed by atoms with Crippen molar-refractivity contribution in [3.05, 3.63) is 28.8 Å². The van der Waals surface area contributed by atoms with Gasteiger partial charge in [0, 0.05) is 25.2 Å². The molecule has 0 spiro atoms. The standard InChI is InChI=1S/C18H23ClN4O3/c1-26-9-8-23-6-4-13(5-7-23)12-21-17(24)18(25)22-16-10-15(19)3-2-14(16)11-20/h2-3,10,13H,4-9,12H2,1H3,(H,21,24)(H,22,25). The summed E-state index contributed by atoms with van der Waals surface area (Å²) in [6, 6.07) is 6.44. The first-order chi connectivity index (χ1) is 12.5. The highest BCUT2D eigenvalue weighted by atomic mass is 35.5. The van der Waals surface area contributed by atoms with Gasteiger partial charge in [0.05, 0.1) is 17.9 Å². The molecule has 2 N–H and O–H groups in total. The van der Waals surface area contributed by atoms with Crippen molar-refractivity contribution in [2.45, 2.75) is 12.8 Å². The molecule has 1 aromatic carbocycles. The third-order valence-corrected chi connectivity index (χ3v) is 4.66. The third-order valence-electron chi connectivity index (χ3n) is 4.43. The van der Waals surface area contributed by atoms with E-state index in [9.17, 15) is 9.59 Å². The Labute approximate surface area is 158 Å². The highest BCUT2D eigenvalue weighted by Gasteiger charge is 2.21. The Balaban J connectivity index is 1.77. The minimum Gasteiger partial charge on any atom is -0.383 e. The number of carbonyl (C=O) groups excluding carboxylic acids is 2. The molecule has 2 rings (SSSR count). The zero-order chi connectivity index (χ0) is 18.9. The molecule has 26 heavy (non-hydrogen) atoms. The number of nitriles is 1. The number of rotatable bonds is 6. The molecule has 0 radical (unpaired) electrons. The minimum atomic E-state index is -0.804. The van der Waals surface area contributed by atoms with Crippen LogP contribution in [0.2, 0.25) is 5.02 Å². The highest BCUT2D eigenvalue weighted by Crippen LogP contribution is 2.20. The number of nitrogens with zero attached hydrogens (tertiary/aromatic N) is 2. The average Bonchev–Trinajstić information content (AvgIpc) is 2.65. The number of likely N-dealkylation sites (tertiary alicyclic amines) is 1. The van der Waals surface area contributed by atoms with Crippen LogP contribution in [0.4, 0.5) is 5.69 Å². The summed E-state index contributed by atoms with van der Waals surface area (Å²) in [6.45, 7) is 4.02. The molecule has 0 aliphatic carbocycles. The predicted octanol–water partition coefficient (Wildman–Crippen LogP) is 1.62. The molecule has 1 aliphatic heterocycles. The summed E-state index contributed by atoms with van der Waals surface area (Å²) in [5.74, 6) is -1.16. The summed E-state index contributed by atoms with van der Waals surface area (Å²) in [7, 11) is 1.69. The van der Waals surface area contributed by atoms with Crippen molar-refractivity contribution in [1.82, 2.24) is 10.2 Å². The van der Waals surface area contributed by atoms with Crippen LogP contribution in [0.25, 0.3) is 0 Å². The second-order valence-corrected chi connectivity index (χ2v) is 6.68. The van der Waals surface area contributed by atoms with Crippen LogP contribution in [0.15, 0.2) is 18.2 Å². The molecule has 1 aliphatic rings. The maximum absolute atomic E-state index is 12.0. The van der Waals surface area contributed by atoms with E-state index in [1.165, 1.54) is 12.1 Å². The van der Waals surface area contributed by atoms with E-state index in [0.29, 0.717) is 17.5 Å². The number of carbonyl (C=O) groups is 2. The topological polar surface area (TPSA) is 94.5 Å². The number of methoxy groups -OCH3 is 1. The van der Waals surface area contributed by atoms with Gasteiger partial charge in [-0.1, -0.05) is 11.6 Å². The van der Waals surface area contributed by atoms with Crippen LogP contribution in [0.5, 0.6) is 0 Å². The Bertz CT molecular complexity index is 682. The van der Waals surface area contributed by atoms with E-state index in [1.54, 1.807) is 13.2 Å². The van der Waals surface area contributed by atoms with Crippen LogP contribution in [0.3, 0.4) is 0 Å². The number of hydrogen-bond donors (Lipinski definition) is 2. The Kier molecular flexibility index (Phi) is 7.85. The summed E-state index contributed by atoms with van der Waals surface area (Å²) in [5.41, 5.74) is 0.477. The number of piperidine rings is 1. The van der Waals surface area contributed by atoms with Gasteiger partial charge < -0.3 is 20.3 Å². The molecule has 8 heteroatoms. The van der Waals surface area contributed by atoms with Gasteiger partial charge in [0.1, 0.15) is 6.07 Å². The van der Waals surface area contributed by atoms with Crippen LogP contribution in [0, 0.1) is 17.2 Å². The van der Waals surface area contributed by atoms with Gasteiger partial charge in [0.2, 0.25) is 0 Å². The van der Waals surface area contributed by atoms with E-state index < -0.39 is 11.8 Å². The fraction of sp³-hybridized carbons (Fsp3) is 0.500. The molecule has 1 fully saturated rings. The smallest absolute Gasteiger partial charge is 0.313 e. The van der Waals surface area contributed by atoms with Crippen molar-refractivity contribution in [2.75, 3.05) is 45.2 Å². The van der Waals surface area contributed by atoms with Crippen molar-refractivity contribution in [3.8, 4) is 6.07 Å². The molecule has 0 unspecified atom stereocenters. The summed E-state index contributed by atoms with van der Waals surface area (Å²) in [5, 5.41) is 14.5. The van der Waals surface area contributed by atoms with E-state index >= 15 is 0 Å². The monoisotopic (exact) mass is 378 g/mol. The second kappa shape index (κ2) is 10.1. The first kappa shape index (κ1) is 20.2. The summed E-state index contributed by atoms with van der Waals surface area (Å²) < 4.78 is 5.08. The fourth-order valence-corrected chi connectivity index (χ4v) is 3.02. The number of hydrogen-bond acceptors (Lipinski definition) is 5. The van der Waals surface area contributed by atoms with Gasteiger partial charge in [-0.15, -0.1) is 0 Å². The third kappa shape index (κ3) is 5.99. The summed E-state index contributed by atoms with van der Waals surface area (Å²) in [6.07, 6.45) is 1.94. The van der Waals surface area contributed by atoms with Crippen molar-refractivity contribution < 1.29 is 14.3 Å². The van der Waals surface area contributed by atoms with Crippen molar-refractivity contribution >= 4 is 29.1 Å². The van der Waals surface area contributed by atoms with Gasteiger partial charge in [-0.3, -0.25) is 9.59 Å². The van der Waals surface area contributed by atoms with Gasteiger partial charge >= 0.3 is 11.8 Å². The Morgan fingerprint density at radius 3 is 2.73 bits per heavy atom. The van der Waals surface area contributed by atoms with Crippen LogP contribution < -0.4 is 10.6 Å². The minimum absolute atomic E-state index is 0.228. The molecule has 1 heterocycles. The summed E-state index contributed by atoms with van der Waals surface area (Å²) in [4.78, 5) is 26.4. The Morgan fingerprint density at radius 1 is 1.35 bits per heavy atom. The normalized spacial score (nSPS) is 15.3. The molecule has 0 bridgehead atoms. The van der Waals surface area contributed by atoms with Gasteiger partial charge in [0.25, 0.3) is 0 Å². The largest absolute Gasteiger partial charge is 0.383 e. The molecule has 0 saturated carbocycles. The average molecular weight is 379 g/mol. The number of nitrogens with one attached hydrogen (secondary N) is 2. The first-order valence-corrected chi connectivity index (χ1v) is 8.91. The van der Waals surface area contributed by atoms with Crippen molar-refractivity contribution in [3.63, 3.8) is 0 Å². The molecule has 1 saturated heterocycles. The predicted molar refractivity (Wildman–Crippen MR) is 98.8 cm³/mol. The number of amides is 2. The number of halogens is 1. The van der Waals surface area contributed by atoms with Crippen molar-refractivity contribution in [2.24, 2.45) is 5.92 Å². The van der Waals surface area contributed by atoms with Gasteiger partial charge in [-0.25, -0.2) is 0 Å². The van der Waals surface area contributed by atoms with Crippen LogP contribution in [0.1, 0.15) is 18.4 Å². The number of ether oxygens (including phenoxy) is 1. The summed E-state index contributed by atoms with van der Waals surface area (Å²) >= 11 is 5.87. The maximum atomic E-state index is 12.0. The van der Waals surface area contributed by atoms with E-state index in [2.05, 4.69) is 15.5 Å². The second-order valence-electron chi connectivity index (χ2n) is 6.24. The highest BCUT2D eigenvalue weighted by molar-refractivity contribution is 6.40. The fourth-order valence-electron chi connectivity index (χ4n) is 2.85. The quantitative estimate of drug-likeness (QED) is 0.733. The van der Waals surface area contributed by atoms with Crippen LogP contribution >= 0.6 is 11.6 Å². The van der Waals surface area contributed by atoms with E-state index in [1.807, 2.05) is 6.07 Å². The molecule has 1 aromatic rings. The number of anilines is 1. The zero-order valence-corrected chi connectivity index (χ0v) is 15.5. The van der Waals surface area contributed by atoms with E-state index in [-0.39, 0.29) is 11.3 Å². The first-order valence-electron chi connectivity index (χ1n) is 8.53. The van der Waals surface area contributed by atoms with Crippen LogP contribution in [-0.2, 0) is 14.3 Å². The van der Waals surface area contributed by atoms with Crippen molar-refractivity contribution in [1.29, 1.82) is 5.26 Å². The lowest BCUT2D eigenvalue weighted by atomic mass is 9.97. The SMILES string of the molecule is COCCN1CCC(CNC(=O)C(=O)Nc2cc(Cl)ccc2C#N)CC1. The molecular weight excluding hydrogens is 356 g/mol. The molecule has 140 valence electrons. The van der Waals surface area contributed by atoms with Gasteiger partial charge in [0.15, 0.2) is 0 Å². The number of benzene rings is 1. The van der Waals surface area contributed by atoms with Gasteiger partial charge in [-0.05, 0) is 50.0 Å². The molecule has 2 amide bonds. The van der Waals surface area contributed by atoms with Gasteiger partial charge in [-0.2, -0.15) is 5.26 Å². The lowest BCUT2D eigenvalue weighted by Gasteiger charge is -2.31. The molecule has 0 aromatic heterocycles. The van der Waals surface area contributed by atoms with Crippen LogP contribution in [-0.4, -0.2) is 56.6 Å². The molecule has 7 nitrogen and oxygen atoms in total. The lowest BCUT2D eigenvalue weighted by molar-refractivity contribution is -0.136. The molecular formula is C18H23ClN4O3. The lowest BCUT2D eigenvalue weighted by Crippen LogP contribution is -2.42. The van der Waals surface area contributed by atoms with E-state index in [0.717, 1.165) is 39.1 Å². The Morgan fingerprint density at radius 2 is 2.08 bits per heavy atom. The Hall–Kier alpha value is -2.14. The maximum Gasteiger partial charge on any atom is 0.313 e.